The number of rotatable bonds is 48. The number of phosphoric acid groups is 1. The molecule has 378 valence electrons. The summed E-state index contributed by atoms with van der Waals surface area (Å²) in [6, 6.07) is 0. The minimum Gasteiger partial charge on any atom is -0.462 e. The molecule has 0 saturated carbocycles. The highest BCUT2D eigenvalue weighted by Crippen LogP contribution is 2.43. The Morgan fingerprint density at radius 2 is 0.833 bits per heavy atom. The van der Waals surface area contributed by atoms with Gasteiger partial charge in [-0.05, 0) is 89.9 Å². The number of nitrogens with two attached hydrogens (primary N) is 1. The van der Waals surface area contributed by atoms with Crippen LogP contribution in [0.3, 0.4) is 0 Å². The first-order valence-corrected chi connectivity index (χ1v) is 27.7. The zero-order valence-electron chi connectivity index (χ0n) is 41.9. The van der Waals surface area contributed by atoms with Gasteiger partial charge in [0, 0.05) is 19.4 Å². The highest BCUT2D eigenvalue weighted by molar-refractivity contribution is 7.47. The van der Waals surface area contributed by atoms with E-state index in [1.165, 1.54) is 70.6 Å². The van der Waals surface area contributed by atoms with Crippen LogP contribution in [0, 0.1) is 0 Å². The molecule has 0 rings (SSSR count). The number of hydrogen-bond acceptors (Lipinski definition) is 8. The zero-order valence-corrected chi connectivity index (χ0v) is 42.8. The Hall–Kier alpha value is -3.07. The van der Waals surface area contributed by atoms with Gasteiger partial charge in [0.15, 0.2) is 6.10 Å². The van der Waals surface area contributed by atoms with Crippen molar-refractivity contribution in [1.29, 1.82) is 0 Å². The molecule has 0 aromatic carbocycles. The number of unbranched alkanes of at least 4 members (excludes halogenated alkanes) is 19. The van der Waals surface area contributed by atoms with Crippen molar-refractivity contribution in [2.24, 2.45) is 5.73 Å². The van der Waals surface area contributed by atoms with E-state index >= 15 is 0 Å². The summed E-state index contributed by atoms with van der Waals surface area (Å²) in [6.07, 6.45) is 67.6. The SMILES string of the molecule is CC/C=C\C/C=C\C/C=C\C/C=C\C/C=C\C/C=C\C/C=C\CCCCCCCCCCCCCCCC(=O)OC(COC(=O)CCCCCCC/C=C\CCC)COP(=O)(O)OCCN. The van der Waals surface area contributed by atoms with Gasteiger partial charge >= 0.3 is 19.8 Å². The van der Waals surface area contributed by atoms with Gasteiger partial charge in [0.1, 0.15) is 6.61 Å². The van der Waals surface area contributed by atoms with Gasteiger partial charge in [-0.25, -0.2) is 4.57 Å². The molecule has 0 heterocycles. The summed E-state index contributed by atoms with van der Waals surface area (Å²) >= 11 is 0. The van der Waals surface area contributed by atoms with Gasteiger partial charge in [0.25, 0.3) is 0 Å². The molecule has 2 atom stereocenters. The van der Waals surface area contributed by atoms with Crippen LogP contribution in [0.15, 0.2) is 97.2 Å². The molecule has 66 heavy (non-hydrogen) atoms. The van der Waals surface area contributed by atoms with Crippen molar-refractivity contribution >= 4 is 19.8 Å². The first-order chi connectivity index (χ1) is 32.3. The lowest BCUT2D eigenvalue weighted by Crippen LogP contribution is -2.29. The molecule has 0 radical (unpaired) electrons. The third-order valence-electron chi connectivity index (χ3n) is 10.7. The van der Waals surface area contributed by atoms with Crippen molar-refractivity contribution in [3.63, 3.8) is 0 Å². The van der Waals surface area contributed by atoms with Crippen molar-refractivity contribution in [3.8, 4) is 0 Å². The number of carbonyl (C=O) groups is 2. The summed E-state index contributed by atoms with van der Waals surface area (Å²) in [6.45, 7) is 3.54. The van der Waals surface area contributed by atoms with E-state index in [1.54, 1.807) is 0 Å². The van der Waals surface area contributed by atoms with Gasteiger partial charge in [-0.1, -0.05) is 207 Å². The summed E-state index contributed by atoms with van der Waals surface area (Å²) in [5, 5.41) is 0. The molecule has 3 N–H and O–H groups in total. The van der Waals surface area contributed by atoms with Crippen LogP contribution in [-0.4, -0.2) is 49.3 Å². The lowest BCUT2D eigenvalue weighted by atomic mass is 10.0. The lowest BCUT2D eigenvalue weighted by Gasteiger charge is -2.19. The summed E-state index contributed by atoms with van der Waals surface area (Å²) < 4.78 is 32.8. The second-order valence-corrected chi connectivity index (χ2v) is 18.5. The third kappa shape index (κ3) is 50.3. The van der Waals surface area contributed by atoms with E-state index in [1.807, 2.05) is 0 Å². The Morgan fingerprint density at radius 1 is 0.470 bits per heavy atom. The Labute approximate surface area is 404 Å². The Morgan fingerprint density at radius 3 is 1.26 bits per heavy atom. The molecule has 0 aromatic rings. The average Bonchev–Trinajstić information content (AvgIpc) is 3.31. The standard InChI is InChI=1S/C56H96NO8P/c1-3-5-7-9-11-13-15-16-17-18-19-20-21-22-23-24-25-26-27-28-29-30-31-32-33-34-35-36-37-38-39-41-43-45-47-49-56(59)65-54(53-64-66(60,61)63-51-50-57)52-62-55(58)48-46-44-42-40-14-12-10-8-6-4-2/h5,7-8,10-11,13,16-17,19-20,22-23,25-26,28-29,54H,3-4,6,9,12,14-15,18,21,24,27,30-53,57H2,1-2H3,(H,60,61)/b7-5-,10-8-,13-11-,17-16-,20-19-,23-22-,26-25-,29-28-. The van der Waals surface area contributed by atoms with Crippen LogP contribution in [-0.2, 0) is 32.7 Å². The fourth-order valence-corrected chi connectivity index (χ4v) is 7.62. The highest BCUT2D eigenvalue weighted by Gasteiger charge is 2.26. The fourth-order valence-electron chi connectivity index (χ4n) is 6.85. The van der Waals surface area contributed by atoms with Crippen LogP contribution in [0.25, 0.3) is 0 Å². The van der Waals surface area contributed by atoms with Crippen LogP contribution >= 0.6 is 7.82 Å². The van der Waals surface area contributed by atoms with E-state index < -0.39 is 32.5 Å². The highest BCUT2D eigenvalue weighted by atomic mass is 31.2. The molecule has 0 aromatic heterocycles. The fraction of sp³-hybridized carbons (Fsp3) is 0.679. The largest absolute Gasteiger partial charge is 0.472 e. The Bertz CT molecular complexity index is 1400. The molecule has 10 heteroatoms. The average molecular weight is 942 g/mol. The van der Waals surface area contributed by atoms with Gasteiger partial charge in [-0.2, -0.15) is 0 Å². The van der Waals surface area contributed by atoms with E-state index in [0.29, 0.717) is 6.42 Å². The van der Waals surface area contributed by atoms with E-state index in [0.717, 1.165) is 109 Å². The molecule has 0 bridgehead atoms. The number of hydrogen-bond donors (Lipinski definition) is 2. The molecule has 0 saturated heterocycles. The van der Waals surface area contributed by atoms with Crippen molar-refractivity contribution in [2.75, 3.05) is 26.4 Å². The van der Waals surface area contributed by atoms with E-state index in [9.17, 15) is 19.0 Å². The van der Waals surface area contributed by atoms with E-state index in [-0.39, 0.29) is 32.6 Å². The van der Waals surface area contributed by atoms with Gasteiger partial charge in [-0.3, -0.25) is 18.6 Å². The van der Waals surface area contributed by atoms with Crippen molar-refractivity contribution in [3.05, 3.63) is 97.2 Å². The minimum absolute atomic E-state index is 0.0488. The lowest BCUT2D eigenvalue weighted by molar-refractivity contribution is -0.161. The normalized spacial score (nSPS) is 13.9. The summed E-state index contributed by atoms with van der Waals surface area (Å²) in [5.74, 6) is -0.846. The molecule has 0 aliphatic rings. The molecular formula is C56H96NO8P. The molecular weight excluding hydrogens is 846 g/mol. The minimum atomic E-state index is -4.38. The molecule has 9 nitrogen and oxygen atoms in total. The third-order valence-corrected chi connectivity index (χ3v) is 11.7. The topological polar surface area (TPSA) is 134 Å². The van der Waals surface area contributed by atoms with E-state index in [2.05, 4.69) is 111 Å². The second kappa shape index (κ2) is 51.3. The Balaban J connectivity index is 3.91. The van der Waals surface area contributed by atoms with Crippen molar-refractivity contribution < 1.29 is 37.6 Å². The smallest absolute Gasteiger partial charge is 0.462 e. The number of ether oxygens (including phenoxy) is 2. The van der Waals surface area contributed by atoms with Gasteiger partial charge in [-0.15, -0.1) is 0 Å². The van der Waals surface area contributed by atoms with Crippen LogP contribution in [0.5, 0.6) is 0 Å². The summed E-state index contributed by atoms with van der Waals surface area (Å²) in [7, 11) is -4.38. The molecule has 0 amide bonds. The Kier molecular flexibility index (Phi) is 48.9. The molecule has 0 spiro atoms. The second-order valence-electron chi connectivity index (χ2n) is 17.0. The van der Waals surface area contributed by atoms with Crippen LogP contribution in [0.2, 0.25) is 0 Å². The van der Waals surface area contributed by atoms with Crippen LogP contribution in [0.1, 0.15) is 213 Å². The first-order valence-electron chi connectivity index (χ1n) is 26.2. The predicted octanol–water partition coefficient (Wildman–Crippen LogP) is 16.1. The van der Waals surface area contributed by atoms with Crippen molar-refractivity contribution in [1.82, 2.24) is 0 Å². The first kappa shape index (κ1) is 62.9. The van der Waals surface area contributed by atoms with Crippen LogP contribution in [0.4, 0.5) is 0 Å². The zero-order chi connectivity index (χ0) is 48.1. The van der Waals surface area contributed by atoms with Crippen LogP contribution < -0.4 is 5.73 Å². The maximum absolute atomic E-state index is 12.6. The number of esters is 2. The van der Waals surface area contributed by atoms with Gasteiger partial charge in [0.2, 0.25) is 0 Å². The molecule has 0 aliphatic heterocycles. The van der Waals surface area contributed by atoms with Gasteiger partial charge < -0.3 is 20.1 Å². The number of carbonyl (C=O) groups excluding carboxylic acids is 2. The molecule has 0 fully saturated rings. The van der Waals surface area contributed by atoms with E-state index in [4.69, 9.17) is 24.3 Å². The quantitative estimate of drug-likeness (QED) is 0.0265. The maximum Gasteiger partial charge on any atom is 0.472 e. The molecule has 0 aliphatic carbocycles. The summed E-state index contributed by atoms with van der Waals surface area (Å²) in [5.41, 5.74) is 5.35. The monoisotopic (exact) mass is 942 g/mol. The van der Waals surface area contributed by atoms with Gasteiger partial charge in [0.05, 0.1) is 13.2 Å². The predicted molar refractivity (Wildman–Crippen MR) is 279 cm³/mol. The maximum atomic E-state index is 12.6. The van der Waals surface area contributed by atoms with Crippen molar-refractivity contribution in [2.45, 2.75) is 219 Å². The summed E-state index contributed by atoms with van der Waals surface area (Å²) in [4.78, 5) is 34.9. The number of allylic oxidation sites excluding steroid dienone is 16. The molecule has 2 unspecified atom stereocenters. The number of phosphoric ester groups is 1.